The Balaban J connectivity index is 3.72. The first-order valence-electron chi connectivity index (χ1n) is 10.6. The smallest absolute Gasteiger partial charge is 0.244 e. The van der Waals surface area contributed by atoms with E-state index in [4.69, 9.17) is 11.6 Å². The molecule has 29 heavy (non-hydrogen) atoms. The number of nitrogens with one attached hydrogen (secondary N) is 4. The Labute approximate surface area is 174 Å². The molecule has 170 valence electrons. The van der Waals surface area contributed by atoms with Gasteiger partial charge in [0.1, 0.15) is 12.4 Å². The van der Waals surface area contributed by atoms with Gasteiger partial charge in [0.2, 0.25) is 11.8 Å². The number of rotatable bonds is 19. The second kappa shape index (κ2) is 19.4. The maximum Gasteiger partial charge on any atom is 0.244 e. The number of nitrogens with two attached hydrogens (primary N) is 2. The second-order valence-electron chi connectivity index (χ2n) is 7.21. The molecule has 0 heterocycles. The Morgan fingerprint density at radius 3 is 2.41 bits per heavy atom. The minimum Gasteiger partial charge on any atom is -0.394 e. The van der Waals surface area contributed by atoms with Gasteiger partial charge in [0, 0.05) is 25.6 Å². The lowest BCUT2D eigenvalue weighted by atomic mass is 10.1. The van der Waals surface area contributed by atoms with Crippen LogP contribution in [0.1, 0.15) is 58.3 Å². The van der Waals surface area contributed by atoms with E-state index in [9.17, 15) is 14.7 Å². The van der Waals surface area contributed by atoms with Gasteiger partial charge in [-0.1, -0.05) is 12.8 Å². The van der Waals surface area contributed by atoms with Gasteiger partial charge in [-0.25, -0.2) is 0 Å². The van der Waals surface area contributed by atoms with Crippen molar-refractivity contribution in [3.63, 3.8) is 0 Å². The number of hydrazone groups is 1. The first-order chi connectivity index (χ1) is 14.0. The molecule has 0 aliphatic carbocycles. The van der Waals surface area contributed by atoms with Gasteiger partial charge in [0.15, 0.2) is 0 Å². The van der Waals surface area contributed by atoms with Crippen molar-refractivity contribution < 1.29 is 14.7 Å². The fraction of sp³-hybridized carbons (Fsp3) is 0.842. The third-order valence-electron chi connectivity index (χ3n) is 4.33. The molecular weight excluding hydrogens is 374 g/mol. The van der Waals surface area contributed by atoms with E-state index in [1.165, 1.54) is 6.34 Å². The van der Waals surface area contributed by atoms with Gasteiger partial charge in [-0.15, -0.1) is 0 Å². The molecule has 9 N–H and O–H groups in total. The molecular formula is C19H41N7O3. The molecule has 0 bridgehead atoms. The SMILES string of the molecule is C[C@@H](N)CCNCCCCNC(=O)[C@H](CO)NC(=O)CCCCCCNC=NN. The Hall–Kier alpha value is -1.91. The van der Waals surface area contributed by atoms with Gasteiger partial charge in [-0.3, -0.25) is 9.59 Å². The highest BCUT2D eigenvalue weighted by atomic mass is 16.3. The number of amides is 2. The van der Waals surface area contributed by atoms with Crippen molar-refractivity contribution in [1.29, 1.82) is 0 Å². The van der Waals surface area contributed by atoms with E-state index in [2.05, 4.69) is 26.4 Å². The number of carbonyl (C=O) groups is 2. The normalized spacial score (nSPS) is 13.2. The van der Waals surface area contributed by atoms with E-state index in [0.717, 1.165) is 64.6 Å². The molecule has 0 aliphatic heterocycles. The van der Waals surface area contributed by atoms with Crippen LogP contribution in [0, 0.1) is 0 Å². The Kier molecular flexibility index (Phi) is 18.1. The average Bonchev–Trinajstić information content (AvgIpc) is 2.69. The molecule has 0 spiro atoms. The van der Waals surface area contributed by atoms with E-state index < -0.39 is 12.6 Å². The third-order valence-corrected chi connectivity index (χ3v) is 4.33. The van der Waals surface area contributed by atoms with Crippen molar-refractivity contribution in [3.05, 3.63) is 0 Å². The van der Waals surface area contributed by atoms with E-state index in [1.54, 1.807) is 0 Å². The number of aliphatic hydroxyl groups excluding tert-OH is 1. The van der Waals surface area contributed by atoms with Gasteiger partial charge < -0.3 is 38.0 Å². The van der Waals surface area contributed by atoms with Crippen molar-refractivity contribution in [3.8, 4) is 0 Å². The number of hydrogen-bond acceptors (Lipinski definition) is 7. The molecule has 0 radical (unpaired) electrons. The largest absolute Gasteiger partial charge is 0.394 e. The van der Waals surface area contributed by atoms with Crippen molar-refractivity contribution in [1.82, 2.24) is 21.3 Å². The molecule has 2 atom stereocenters. The highest BCUT2D eigenvalue weighted by molar-refractivity contribution is 5.87. The van der Waals surface area contributed by atoms with Crippen LogP contribution in [-0.4, -0.2) is 68.1 Å². The highest BCUT2D eigenvalue weighted by Gasteiger charge is 2.18. The van der Waals surface area contributed by atoms with E-state index in [1.807, 2.05) is 6.92 Å². The van der Waals surface area contributed by atoms with Crippen molar-refractivity contribution >= 4 is 18.2 Å². The van der Waals surface area contributed by atoms with E-state index >= 15 is 0 Å². The Morgan fingerprint density at radius 2 is 1.72 bits per heavy atom. The van der Waals surface area contributed by atoms with Crippen LogP contribution in [0.3, 0.4) is 0 Å². The Bertz CT molecular complexity index is 448. The number of aliphatic hydroxyl groups is 1. The first kappa shape index (κ1) is 27.1. The summed E-state index contributed by atoms with van der Waals surface area (Å²) >= 11 is 0. The minimum atomic E-state index is -0.897. The zero-order valence-electron chi connectivity index (χ0n) is 17.8. The van der Waals surface area contributed by atoms with E-state index in [-0.39, 0.29) is 17.9 Å². The molecule has 0 aliphatic rings. The van der Waals surface area contributed by atoms with Gasteiger partial charge >= 0.3 is 0 Å². The van der Waals surface area contributed by atoms with Crippen LogP contribution >= 0.6 is 0 Å². The molecule has 0 aromatic rings. The lowest BCUT2D eigenvalue weighted by Gasteiger charge is -2.16. The van der Waals surface area contributed by atoms with Crippen LogP contribution in [0.5, 0.6) is 0 Å². The zero-order chi connectivity index (χ0) is 21.7. The molecule has 0 aromatic carbocycles. The monoisotopic (exact) mass is 415 g/mol. The summed E-state index contributed by atoms with van der Waals surface area (Å²) in [6.45, 7) is 4.64. The summed E-state index contributed by atoms with van der Waals surface area (Å²) in [6, 6.07) is -0.696. The van der Waals surface area contributed by atoms with Gasteiger partial charge in [0.25, 0.3) is 0 Å². The average molecular weight is 416 g/mol. The fourth-order valence-corrected chi connectivity index (χ4v) is 2.61. The summed E-state index contributed by atoms with van der Waals surface area (Å²) < 4.78 is 0. The highest BCUT2D eigenvalue weighted by Crippen LogP contribution is 2.02. The van der Waals surface area contributed by atoms with Crippen LogP contribution in [0.15, 0.2) is 5.10 Å². The van der Waals surface area contributed by atoms with Crippen LogP contribution < -0.4 is 32.8 Å². The van der Waals surface area contributed by atoms with Crippen LogP contribution in [0.25, 0.3) is 0 Å². The van der Waals surface area contributed by atoms with Gasteiger partial charge in [0.05, 0.1) is 6.61 Å². The maximum atomic E-state index is 12.1. The molecule has 10 nitrogen and oxygen atoms in total. The molecule has 0 saturated heterocycles. The number of nitrogens with zero attached hydrogens (tertiary/aromatic N) is 1. The maximum absolute atomic E-state index is 12.1. The molecule has 0 fully saturated rings. The summed E-state index contributed by atoms with van der Waals surface area (Å²) in [6.07, 6.45) is 8.12. The summed E-state index contributed by atoms with van der Waals surface area (Å²) in [5, 5.41) is 24.3. The van der Waals surface area contributed by atoms with Gasteiger partial charge in [-0.05, 0) is 52.1 Å². The van der Waals surface area contributed by atoms with Crippen LogP contribution in [0.4, 0.5) is 0 Å². The Morgan fingerprint density at radius 1 is 1.03 bits per heavy atom. The molecule has 2 amide bonds. The van der Waals surface area contributed by atoms with Crippen LogP contribution in [0.2, 0.25) is 0 Å². The number of hydrogen-bond donors (Lipinski definition) is 7. The topological polar surface area (TPSA) is 167 Å². The van der Waals surface area contributed by atoms with Crippen LogP contribution in [-0.2, 0) is 9.59 Å². The number of unbranched alkanes of at least 4 members (excludes halogenated alkanes) is 4. The second-order valence-corrected chi connectivity index (χ2v) is 7.21. The first-order valence-corrected chi connectivity index (χ1v) is 10.6. The van der Waals surface area contributed by atoms with Crippen molar-refractivity contribution in [2.24, 2.45) is 16.7 Å². The summed E-state index contributed by atoms with van der Waals surface area (Å²) in [7, 11) is 0. The zero-order valence-corrected chi connectivity index (χ0v) is 17.8. The standard InChI is InChI=1S/C19H41N7O3/c1-16(20)9-13-22-10-6-7-12-24-19(29)17(14-27)26-18(28)8-4-2-3-5-11-23-15-25-21/h15-17,22,27H,2-14,20-21H2,1H3,(H,23,25)(H,24,29)(H,26,28)/t16-,17+/m1/s1. The summed E-state index contributed by atoms with van der Waals surface area (Å²) in [4.78, 5) is 24.0. The van der Waals surface area contributed by atoms with Crippen molar-refractivity contribution in [2.45, 2.75) is 70.4 Å². The van der Waals surface area contributed by atoms with E-state index in [0.29, 0.717) is 13.0 Å². The predicted octanol–water partition coefficient (Wildman–Crippen LogP) is -0.871. The van der Waals surface area contributed by atoms with Crippen molar-refractivity contribution in [2.75, 3.05) is 32.8 Å². The summed E-state index contributed by atoms with van der Waals surface area (Å²) in [5.74, 6) is 4.41. The predicted molar refractivity (Wildman–Crippen MR) is 116 cm³/mol. The van der Waals surface area contributed by atoms with Gasteiger partial charge in [-0.2, -0.15) is 5.10 Å². The minimum absolute atomic E-state index is 0.201. The molecule has 0 aromatic heterocycles. The lowest BCUT2D eigenvalue weighted by molar-refractivity contribution is -0.130. The fourth-order valence-electron chi connectivity index (χ4n) is 2.61. The lowest BCUT2D eigenvalue weighted by Crippen LogP contribution is -2.49. The number of carbonyl (C=O) groups excluding carboxylic acids is 2. The third kappa shape index (κ3) is 17.9. The molecule has 0 unspecified atom stereocenters. The summed E-state index contributed by atoms with van der Waals surface area (Å²) in [5.41, 5.74) is 5.68. The molecule has 0 rings (SSSR count). The quantitative estimate of drug-likeness (QED) is 0.0473. The molecule has 10 heteroatoms. The molecule has 0 saturated carbocycles.